The third-order valence-corrected chi connectivity index (χ3v) is 5.85. The Labute approximate surface area is 133 Å². The average Bonchev–Trinajstić information content (AvgIpc) is 3.16. The Morgan fingerprint density at radius 3 is 2.59 bits per heavy atom. The SMILES string of the molecule is COC1CCN([C@H]2CCC[C@H]2NC(=O)C2CCC(O)CC2)C1. The van der Waals surface area contributed by atoms with Crippen LogP contribution in [-0.4, -0.2) is 60.4 Å². The number of methoxy groups -OCH3 is 1. The Hall–Kier alpha value is -0.650. The highest BCUT2D eigenvalue weighted by Crippen LogP contribution is 2.29. The van der Waals surface area contributed by atoms with Crippen molar-refractivity contribution in [2.24, 2.45) is 5.92 Å². The van der Waals surface area contributed by atoms with E-state index in [1.54, 1.807) is 7.11 Å². The minimum absolute atomic E-state index is 0.106. The molecule has 1 aliphatic heterocycles. The Morgan fingerprint density at radius 2 is 1.91 bits per heavy atom. The molecule has 0 aromatic rings. The maximum absolute atomic E-state index is 12.5. The summed E-state index contributed by atoms with van der Waals surface area (Å²) in [6, 6.07) is 0.785. The number of amides is 1. The summed E-state index contributed by atoms with van der Waals surface area (Å²) >= 11 is 0. The summed E-state index contributed by atoms with van der Waals surface area (Å²) in [5, 5.41) is 12.9. The van der Waals surface area contributed by atoms with Crippen molar-refractivity contribution >= 4 is 5.91 Å². The second-order valence-electron chi connectivity index (χ2n) is 7.26. The second kappa shape index (κ2) is 7.28. The zero-order valence-corrected chi connectivity index (χ0v) is 13.7. The molecular weight excluding hydrogens is 280 g/mol. The molecule has 2 N–H and O–H groups in total. The van der Waals surface area contributed by atoms with Gasteiger partial charge in [-0.3, -0.25) is 9.69 Å². The zero-order valence-electron chi connectivity index (χ0n) is 13.7. The van der Waals surface area contributed by atoms with Crippen LogP contribution in [0.15, 0.2) is 0 Å². The number of aliphatic hydroxyl groups excluding tert-OH is 1. The highest BCUT2D eigenvalue weighted by Gasteiger charge is 2.37. The molecule has 2 aliphatic carbocycles. The second-order valence-corrected chi connectivity index (χ2v) is 7.26. The van der Waals surface area contributed by atoms with Gasteiger partial charge in [0.05, 0.1) is 12.2 Å². The first-order valence-electron chi connectivity index (χ1n) is 8.92. The summed E-state index contributed by atoms with van der Waals surface area (Å²) < 4.78 is 5.47. The minimum atomic E-state index is -0.196. The number of likely N-dealkylation sites (tertiary alicyclic amines) is 1. The Balaban J connectivity index is 1.51. The van der Waals surface area contributed by atoms with Gasteiger partial charge in [-0.15, -0.1) is 0 Å². The predicted molar refractivity (Wildman–Crippen MR) is 84.5 cm³/mol. The number of carbonyl (C=O) groups is 1. The first-order valence-corrected chi connectivity index (χ1v) is 8.92. The Bertz CT molecular complexity index is 382. The molecule has 3 aliphatic rings. The lowest BCUT2D eigenvalue weighted by Crippen LogP contribution is -2.50. The first-order chi connectivity index (χ1) is 10.7. The molecule has 3 atom stereocenters. The molecule has 1 amide bonds. The number of hydrogen-bond acceptors (Lipinski definition) is 4. The fraction of sp³-hybridized carbons (Fsp3) is 0.941. The molecule has 3 fully saturated rings. The Morgan fingerprint density at radius 1 is 1.14 bits per heavy atom. The van der Waals surface area contributed by atoms with Crippen molar-refractivity contribution in [2.75, 3.05) is 20.2 Å². The molecule has 126 valence electrons. The molecule has 2 saturated carbocycles. The smallest absolute Gasteiger partial charge is 0.223 e. The fourth-order valence-corrected chi connectivity index (χ4v) is 4.43. The molecule has 5 heteroatoms. The van der Waals surface area contributed by atoms with Crippen molar-refractivity contribution in [3.63, 3.8) is 0 Å². The van der Waals surface area contributed by atoms with Crippen LogP contribution < -0.4 is 5.32 Å². The topological polar surface area (TPSA) is 61.8 Å². The summed E-state index contributed by atoms with van der Waals surface area (Å²) in [5.41, 5.74) is 0. The van der Waals surface area contributed by atoms with Gasteiger partial charge in [-0.1, -0.05) is 0 Å². The minimum Gasteiger partial charge on any atom is -0.393 e. The highest BCUT2D eigenvalue weighted by molar-refractivity contribution is 5.79. The van der Waals surface area contributed by atoms with Gasteiger partial charge in [-0.2, -0.15) is 0 Å². The van der Waals surface area contributed by atoms with Gasteiger partial charge in [0, 0.05) is 38.2 Å². The summed E-state index contributed by atoms with van der Waals surface area (Å²) in [6.07, 6.45) is 7.96. The van der Waals surface area contributed by atoms with Crippen molar-refractivity contribution in [2.45, 2.75) is 75.7 Å². The van der Waals surface area contributed by atoms with Crippen molar-refractivity contribution in [3.8, 4) is 0 Å². The molecule has 1 unspecified atom stereocenters. The lowest BCUT2D eigenvalue weighted by Gasteiger charge is -2.32. The van der Waals surface area contributed by atoms with E-state index in [-0.39, 0.29) is 17.9 Å². The van der Waals surface area contributed by atoms with Gasteiger partial charge < -0.3 is 15.2 Å². The lowest BCUT2D eigenvalue weighted by atomic mass is 9.86. The molecule has 0 aromatic carbocycles. The Kier molecular flexibility index (Phi) is 5.37. The van der Waals surface area contributed by atoms with E-state index in [2.05, 4.69) is 10.2 Å². The molecule has 0 aromatic heterocycles. The van der Waals surface area contributed by atoms with Gasteiger partial charge in [-0.05, 0) is 51.4 Å². The highest BCUT2D eigenvalue weighted by atomic mass is 16.5. The summed E-state index contributed by atoms with van der Waals surface area (Å²) in [6.45, 7) is 2.09. The predicted octanol–water partition coefficient (Wildman–Crippen LogP) is 1.30. The monoisotopic (exact) mass is 310 g/mol. The van der Waals surface area contributed by atoms with E-state index in [0.717, 1.165) is 51.6 Å². The number of ether oxygens (including phenoxy) is 1. The van der Waals surface area contributed by atoms with Crippen LogP contribution in [0.4, 0.5) is 0 Å². The van der Waals surface area contributed by atoms with Crippen molar-refractivity contribution < 1.29 is 14.6 Å². The van der Waals surface area contributed by atoms with Crippen LogP contribution in [0.5, 0.6) is 0 Å². The summed E-state index contributed by atoms with van der Waals surface area (Å²) in [4.78, 5) is 15.0. The van der Waals surface area contributed by atoms with Crippen LogP contribution in [0.3, 0.4) is 0 Å². The van der Waals surface area contributed by atoms with Crippen LogP contribution in [0.1, 0.15) is 51.4 Å². The third-order valence-electron chi connectivity index (χ3n) is 5.85. The third kappa shape index (κ3) is 3.63. The average molecular weight is 310 g/mol. The molecule has 0 spiro atoms. The lowest BCUT2D eigenvalue weighted by molar-refractivity contribution is -0.127. The number of hydrogen-bond donors (Lipinski definition) is 2. The molecule has 1 saturated heterocycles. The largest absolute Gasteiger partial charge is 0.393 e. The van der Waals surface area contributed by atoms with Crippen LogP contribution in [0.25, 0.3) is 0 Å². The van der Waals surface area contributed by atoms with Crippen molar-refractivity contribution in [1.82, 2.24) is 10.2 Å². The summed E-state index contributed by atoms with van der Waals surface area (Å²) in [7, 11) is 1.79. The van der Waals surface area contributed by atoms with Crippen LogP contribution in [0, 0.1) is 5.92 Å². The molecular formula is C17H30N2O3. The molecule has 0 radical (unpaired) electrons. The van der Waals surface area contributed by atoms with Crippen LogP contribution in [-0.2, 0) is 9.53 Å². The quantitative estimate of drug-likeness (QED) is 0.821. The number of nitrogens with zero attached hydrogens (tertiary/aromatic N) is 1. The van der Waals surface area contributed by atoms with Gasteiger partial charge in [0.15, 0.2) is 0 Å². The first kappa shape index (κ1) is 16.2. The van der Waals surface area contributed by atoms with Gasteiger partial charge in [0.25, 0.3) is 0 Å². The molecule has 3 rings (SSSR count). The van der Waals surface area contributed by atoms with E-state index in [1.807, 2.05) is 0 Å². The zero-order chi connectivity index (χ0) is 15.5. The van der Waals surface area contributed by atoms with Crippen LogP contribution >= 0.6 is 0 Å². The van der Waals surface area contributed by atoms with E-state index in [1.165, 1.54) is 12.8 Å². The summed E-state index contributed by atoms with van der Waals surface area (Å²) in [5.74, 6) is 0.321. The van der Waals surface area contributed by atoms with E-state index in [0.29, 0.717) is 18.2 Å². The number of carbonyl (C=O) groups excluding carboxylic acids is 1. The van der Waals surface area contributed by atoms with E-state index in [4.69, 9.17) is 4.74 Å². The van der Waals surface area contributed by atoms with Crippen molar-refractivity contribution in [1.29, 1.82) is 0 Å². The van der Waals surface area contributed by atoms with Gasteiger partial charge >= 0.3 is 0 Å². The normalized spacial score (nSPS) is 40.0. The fourth-order valence-electron chi connectivity index (χ4n) is 4.43. The van der Waals surface area contributed by atoms with E-state index in [9.17, 15) is 9.90 Å². The molecule has 0 bridgehead atoms. The number of rotatable bonds is 4. The van der Waals surface area contributed by atoms with E-state index >= 15 is 0 Å². The van der Waals surface area contributed by atoms with Crippen molar-refractivity contribution in [3.05, 3.63) is 0 Å². The van der Waals surface area contributed by atoms with Gasteiger partial charge in [0.1, 0.15) is 0 Å². The molecule has 22 heavy (non-hydrogen) atoms. The number of nitrogens with one attached hydrogen (secondary N) is 1. The van der Waals surface area contributed by atoms with Crippen LogP contribution in [0.2, 0.25) is 0 Å². The van der Waals surface area contributed by atoms with Gasteiger partial charge in [0.2, 0.25) is 5.91 Å². The standard InChI is InChI=1S/C17H30N2O3/c1-22-14-9-10-19(11-14)16-4-2-3-15(16)18-17(21)12-5-7-13(20)8-6-12/h12-16,20H,2-11H2,1H3,(H,18,21)/t12?,13?,14?,15-,16+/m1/s1. The maximum Gasteiger partial charge on any atom is 0.223 e. The molecule has 1 heterocycles. The van der Waals surface area contributed by atoms with Gasteiger partial charge in [-0.25, -0.2) is 0 Å². The molecule has 5 nitrogen and oxygen atoms in total. The van der Waals surface area contributed by atoms with E-state index < -0.39 is 0 Å². The number of aliphatic hydroxyl groups is 1. The maximum atomic E-state index is 12.5.